The van der Waals surface area contributed by atoms with E-state index < -0.39 is 0 Å². The maximum absolute atomic E-state index is 9.37. The third-order valence-electron chi connectivity index (χ3n) is 2.92. The Hall–Kier alpha value is -2.56. The van der Waals surface area contributed by atoms with Crippen molar-refractivity contribution in [2.24, 2.45) is 0 Å². The molecule has 3 rings (SSSR count). The molecule has 0 radical (unpaired) electrons. The molecule has 2 aromatic heterocycles. The SMILES string of the molecule is Cc1ncccc1CNc1nc2ccc(O)cc2o1. The summed E-state index contributed by atoms with van der Waals surface area (Å²) in [5.74, 6) is 0.165. The van der Waals surface area contributed by atoms with Crippen LogP contribution < -0.4 is 5.32 Å². The fourth-order valence-electron chi connectivity index (χ4n) is 1.86. The number of aryl methyl sites for hydroxylation is 1. The number of phenols is 1. The summed E-state index contributed by atoms with van der Waals surface area (Å²) >= 11 is 0. The first kappa shape index (κ1) is 11.5. The van der Waals surface area contributed by atoms with Gasteiger partial charge < -0.3 is 14.8 Å². The molecule has 0 unspecified atom stereocenters. The van der Waals surface area contributed by atoms with Gasteiger partial charge in [0.1, 0.15) is 11.3 Å². The summed E-state index contributed by atoms with van der Waals surface area (Å²) in [7, 11) is 0. The number of nitrogens with one attached hydrogen (secondary N) is 1. The second kappa shape index (κ2) is 4.61. The lowest BCUT2D eigenvalue weighted by Crippen LogP contribution is -2.02. The molecule has 19 heavy (non-hydrogen) atoms. The second-order valence-corrected chi connectivity index (χ2v) is 4.27. The first-order chi connectivity index (χ1) is 9.22. The van der Waals surface area contributed by atoms with Crippen molar-refractivity contribution >= 4 is 17.1 Å². The van der Waals surface area contributed by atoms with Gasteiger partial charge in [0.25, 0.3) is 6.01 Å². The molecule has 0 fully saturated rings. The van der Waals surface area contributed by atoms with Crippen LogP contribution in [0.4, 0.5) is 6.01 Å². The third kappa shape index (κ3) is 2.35. The largest absolute Gasteiger partial charge is 0.508 e. The molecule has 0 aliphatic carbocycles. The monoisotopic (exact) mass is 255 g/mol. The molecule has 5 heteroatoms. The first-order valence-corrected chi connectivity index (χ1v) is 5.96. The van der Waals surface area contributed by atoms with E-state index in [0.717, 1.165) is 11.3 Å². The minimum absolute atomic E-state index is 0.165. The van der Waals surface area contributed by atoms with Crippen molar-refractivity contribution in [3.05, 3.63) is 47.8 Å². The van der Waals surface area contributed by atoms with E-state index in [1.165, 1.54) is 0 Å². The van der Waals surface area contributed by atoms with Crippen molar-refractivity contribution in [1.29, 1.82) is 0 Å². The highest BCUT2D eigenvalue weighted by Crippen LogP contribution is 2.23. The van der Waals surface area contributed by atoms with Crippen LogP contribution in [0.1, 0.15) is 11.3 Å². The van der Waals surface area contributed by atoms with E-state index in [4.69, 9.17) is 4.42 Å². The Labute approximate surface area is 109 Å². The highest BCUT2D eigenvalue weighted by Gasteiger charge is 2.06. The number of anilines is 1. The lowest BCUT2D eigenvalue weighted by molar-refractivity contribution is 0.474. The fraction of sp³-hybridized carbons (Fsp3) is 0.143. The number of phenolic OH excluding ortho intramolecular Hbond substituents is 1. The highest BCUT2D eigenvalue weighted by atomic mass is 16.4. The molecule has 1 aromatic carbocycles. The highest BCUT2D eigenvalue weighted by molar-refractivity contribution is 5.75. The maximum atomic E-state index is 9.37. The molecule has 0 aliphatic rings. The fourth-order valence-corrected chi connectivity index (χ4v) is 1.86. The average Bonchev–Trinajstić information content (AvgIpc) is 2.79. The van der Waals surface area contributed by atoms with E-state index in [2.05, 4.69) is 15.3 Å². The minimum Gasteiger partial charge on any atom is -0.508 e. The number of aromatic hydroxyl groups is 1. The van der Waals surface area contributed by atoms with Gasteiger partial charge in [-0.15, -0.1) is 0 Å². The van der Waals surface area contributed by atoms with Gasteiger partial charge in [-0.2, -0.15) is 4.98 Å². The number of hydrogen-bond acceptors (Lipinski definition) is 5. The van der Waals surface area contributed by atoms with Crippen molar-refractivity contribution in [1.82, 2.24) is 9.97 Å². The minimum atomic E-state index is 0.165. The van der Waals surface area contributed by atoms with Crippen molar-refractivity contribution in [2.45, 2.75) is 13.5 Å². The summed E-state index contributed by atoms with van der Waals surface area (Å²) in [5.41, 5.74) is 3.34. The third-order valence-corrected chi connectivity index (χ3v) is 2.92. The Morgan fingerprint density at radius 3 is 3.05 bits per heavy atom. The van der Waals surface area contributed by atoms with Crippen LogP contribution in [-0.4, -0.2) is 15.1 Å². The van der Waals surface area contributed by atoms with E-state index in [9.17, 15) is 5.11 Å². The normalized spacial score (nSPS) is 10.8. The van der Waals surface area contributed by atoms with Gasteiger partial charge in [-0.05, 0) is 30.7 Å². The lowest BCUT2D eigenvalue weighted by Gasteiger charge is -2.04. The quantitative estimate of drug-likeness (QED) is 0.753. The maximum Gasteiger partial charge on any atom is 0.295 e. The van der Waals surface area contributed by atoms with Gasteiger partial charge in [-0.3, -0.25) is 4.98 Å². The molecule has 5 nitrogen and oxygen atoms in total. The van der Waals surface area contributed by atoms with Crippen LogP contribution >= 0.6 is 0 Å². The summed E-state index contributed by atoms with van der Waals surface area (Å²) in [6.45, 7) is 2.56. The molecule has 2 N–H and O–H groups in total. The number of pyridine rings is 1. The summed E-state index contributed by atoms with van der Waals surface area (Å²) in [5, 5.41) is 12.5. The van der Waals surface area contributed by atoms with Gasteiger partial charge in [-0.25, -0.2) is 0 Å². The van der Waals surface area contributed by atoms with Gasteiger partial charge >= 0.3 is 0 Å². The predicted molar refractivity (Wildman–Crippen MR) is 72.0 cm³/mol. The first-order valence-electron chi connectivity index (χ1n) is 5.96. The average molecular weight is 255 g/mol. The Balaban J connectivity index is 1.80. The zero-order valence-electron chi connectivity index (χ0n) is 10.4. The van der Waals surface area contributed by atoms with E-state index >= 15 is 0 Å². The van der Waals surface area contributed by atoms with E-state index in [1.54, 1.807) is 24.4 Å². The molecule has 0 spiro atoms. The van der Waals surface area contributed by atoms with E-state index in [-0.39, 0.29) is 5.75 Å². The predicted octanol–water partition coefficient (Wildman–Crippen LogP) is 2.85. The Kier molecular flexibility index (Phi) is 2.79. The van der Waals surface area contributed by atoms with Crippen LogP contribution in [0.5, 0.6) is 5.75 Å². The zero-order chi connectivity index (χ0) is 13.2. The van der Waals surface area contributed by atoms with Crippen molar-refractivity contribution in [2.75, 3.05) is 5.32 Å². The Morgan fingerprint density at radius 2 is 2.21 bits per heavy atom. The van der Waals surface area contributed by atoms with Gasteiger partial charge in [0.2, 0.25) is 0 Å². The number of benzene rings is 1. The van der Waals surface area contributed by atoms with Crippen molar-refractivity contribution in [3.8, 4) is 5.75 Å². The molecule has 0 amide bonds. The Morgan fingerprint density at radius 1 is 1.32 bits per heavy atom. The molecular formula is C14H13N3O2. The van der Waals surface area contributed by atoms with E-state index in [0.29, 0.717) is 23.7 Å². The van der Waals surface area contributed by atoms with Crippen molar-refractivity contribution < 1.29 is 9.52 Å². The molecule has 0 bridgehead atoms. The van der Waals surface area contributed by atoms with Crippen LogP contribution in [0.3, 0.4) is 0 Å². The molecule has 96 valence electrons. The molecule has 0 saturated carbocycles. The standard InChI is InChI=1S/C14H13N3O2/c1-9-10(3-2-6-15-9)8-16-14-17-12-5-4-11(18)7-13(12)19-14/h2-7,18H,8H2,1H3,(H,16,17). The van der Waals surface area contributed by atoms with Crippen LogP contribution in [0.2, 0.25) is 0 Å². The van der Waals surface area contributed by atoms with Gasteiger partial charge in [0.15, 0.2) is 5.58 Å². The number of oxazole rings is 1. The summed E-state index contributed by atoms with van der Waals surface area (Å²) in [6, 6.07) is 9.18. The number of rotatable bonds is 3. The molecule has 0 atom stereocenters. The lowest BCUT2D eigenvalue weighted by atomic mass is 10.2. The summed E-state index contributed by atoms with van der Waals surface area (Å²) in [6.07, 6.45) is 1.76. The number of hydrogen-bond donors (Lipinski definition) is 2. The topological polar surface area (TPSA) is 71.2 Å². The molecule has 2 heterocycles. The zero-order valence-corrected chi connectivity index (χ0v) is 10.4. The number of nitrogens with zero attached hydrogens (tertiary/aromatic N) is 2. The van der Waals surface area contributed by atoms with Crippen LogP contribution in [0.25, 0.3) is 11.1 Å². The van der Waals surface area contributed by atoms with Gasteiger partial charge in [0, 0.05) is 24.5 Å². The summed E-state index contributed by atoms with van der Waals surface area (Å²) < 4.78 is 5.51. The Bertz CT molecular complexity index is 722. The van der Waals surface area contributed by atoms with Crippen LogP contribution in [-0.2, 0) is 6.54 Å². The van der Waals surface area contributed by atoms with Crippen molar-refractivity contribution in [3.63, 3.8) is 0 Å². The van der Waals surface area contributed by atoms with E-state index in [1.807, 2.05) is 19.1 Å². The van der Waals surface area contributed by atoms with Crippen LogP contribution in [0.15, 0.2) is 40.9 Å². The van der Waals surface area contributed by atoms with Gasteiger partial charge in [-0.1, -0.05) is 6.07 Å². The molecule has 0 saturated heterocycles. The number of fused-ring (bicyclic) bond motifs is 1. The van der Waals surface area contributed by atoms with Crippen LogP contribution in [0, 0.1) is 6.92 Å². The molecular weight excluding hydrogens is 242 g/mol. The molecule has 3 aromatic rings. The van der Waals surface area contributed by atoms with Gasteiger partial charge in [0.05, 0.1) is 0 Å². The number of aromatic nitrogens is 2. The summed E-state index contributed by atoms with van der Waals surface area (Å²) in [4.78, 5) is 8.51. The second-order valence-electron chi connectivity index (χ2n) is 4.27. The smallest absolute Gasteiger partial charge is 0.295 e. The molecule has 0 aliphatic heterocycles.